The average molecular weight is 264 g/mol. The first-order chi connectivity index (χ1) is 8.97. The topological polar surface area (TPSA) is 54.3 Å². The molecule has 3 unspecified atom stereocenters. The summed E-state index contributed by atoms with van der Waals surface area (Å²) in [7, 11) is 0. The number of hydrogen-bond acceptors (Lipinski definition) is 3. The summed E-state index contributed by atoms with van der Waals surface area (Å²) in [6.45, 7) is 8.95. The maximum atomic E-state index is 12.3. The first-order valence-corrected chi connectivity index (χ1v) is 7.08. The van der Waals surface area contributed by atoms with Crippen LogP contribution in [0.5, 0.6) is 0 Å². The van der Waals surface area contributed by atoms with Gasteiger partial charge in [-0.15, -0.1) is 0 Å². The van der Waals surface area contributed by atoms with Crippen molar-refractivity contribution in [3.8, 4) is 0 Å². The van der Waals surface area contributed by atoms with Gasteiger partial charge in [0.25, 0.3) is 0 Å². The lowest BCUT2D eigenvalue weighted by atomic mass is 9.92. The third kappa shape index (κ3) is 3.38. The standard InChI is InChI=1S/C15H24N2O2/c1-9-7-13(5-6-16-9)15(18)17-11(3)14-8-10(2)19-12(14)4/h8-9,11,13,16H,5-7H2,1-4H3,(H,17,18). The molecule has 0 radical (unpaired) electrons. The van der Waals surface area contributed by atoms with Gasteiger partial charge in [-0.1, -0.05) is 0 Å². The van der Waals surface area contributed by atoms with Crippen LogP contribution in [0.3, 0.4) is 0 Å². The zero-order valence-corrected chi connectivity index (χ0v) is 12.2. The van der Waals surface area contributed by atoms with E-state index < -0.39 is 0 Å². The molecule has 1 amide bonds. The van der Waals surface area contributed by atoms with E-state index in [2.05, 4.69) is 17.6 Å². The molecular weight excluding hydrogens is 240 g/mol. The van der Waals surface area contributed by atoms with Crippen molar-refractivity contribution in [1.29, 1.82) is 0 Å². The van der Waals surface area contributed by atoms with E-state index >= 15 is 0 Å². The van der Waals surface area contributed by atoms with Gasteiger partial charge >= 0.3 is 0 Å². The molecule has 1 aromatic heterocycles. The minimum atomic E-state index is 0.00939. The number of piperidine rings is 1. The quantitative estimate of drug-likeness (QED) is 0.881. The second kappa shape index (κ2) is 5.78. The van der Waals surface area contributed by atoms with Crippen molar-refractivity contribution in [2.45, 2.75) is 52.6 Å². The van der Waals surface area contributed by atoms with Gasteiger partial charge in [0.2, 0.25) is 5.91 Å². The fourth-order valence-electron chi connectivity index (χ4n) is 2.86. The largest absolute Gasteiger partial charge is 0.466 e. The van der Waals surface area contributed by atoms with Gasteiger partial charge in [-0.3, -0.25) is 4.79 Å². The average Bonchev–Trinajstić information content (AvgIpc) is 2.68. The lowest BCUT2D eigenvalue weighted by Gasteiger charge is -2.28. The van der Waals surface area contributed by atoms with E-state index in [4.69, 9.17) is 4.42 Å². The van der Waals surface area contributed by atoms with E-state index in [0.717, 1.165) is 36.5 Å². The molecule has 1 aromatic rings. The molecule has 0 aliphatic carbocycles. The molecule has 0 saturated carbocycles. The minimum absolute atomic E-state index is 0.00939. The lowest BCUT2D eigenvalue weighted by molar-refractivity contribution is -0.126. The molecule has 1 aliphatic heterocycles. The highest BCUT2D eigenvalue weighted by atomic mass is 16.3. The van der Waals surface area contributed by atoms with E-state index in [9.17, 15) is 4.79 Å². The fourth-order valence-corrected chi connectivity index (χ4v) is 2.86. The van der Waals surface area contributed by atoms with Crippen molar-refractivity contribution < 1.29 is 9.21 Å². The molecule has 3 atom stereocenters. The smallest absolute Gasteiger partial charge is 0.223 e. The highest BCUT2D eigenvalue weighted by Gasteiger charge is 2.26. The van der Waals surface area contributed by atoms with Gasteiger partial charge in [0.05, 0.1) is 6.04 Å². The zero-order valence-electron chi connectivity index (χ0n) is 12.2. The first kappa shape index (κ1) is 14.1. The van der Waals surface area contributed by atoms with Crippen LogP contribution in [-0.2, 0) is 4.79 Å². The number of hydrogen-bond donors (Lipinski definition) is 2. The molecule has 4 nitrogen and oxygen atoms in total. The van der Waals surface area contributed by atoms with E-state index in [1.807, 2.05) is 26.8 Å². The highest BCUT2D eigenvalue weighted by molar-refractivity contribution is 5.79. The van der Waals surface area contributed by atoms with Crippen LogP contribution < -0.4 is 10.6 Å². The molecule has 4 heteroatoms. The van der Waals surface area contributed by atoms with Gasteiger partial charge in [0.1, 0.15) is 11.5 Å². The van der Waals surface area contributed by atoms with Crippen LogP contribution in [0.1, 0.15) is 49.8 Å². The number of carbonyl (C=O) groups excluding carboxylic acids is 1. The number of furan rings is 1. The third-order valence-corrected chi connectivity index (χ3v) is 3.90. The van der Waals surface area contributed by atoms with Crippen molar-refractivity contribution >= 4 is 5.91 Å². The van der Waals surface area contributed by atoms with Crippen LogP contribution in [0.15, 0.2) is 10.5 Å². The molecule has 1 aliphatic rings. The molecule has 106 valence electrons. The van der Waals surface area contributed by atoms with Gasteiger partial charge in [-0.2, -0.15) is 0 Å². The van der Waals surface area contributed by atoms with Gasteiger partial charge in [-0.05, 0) is 53.1 Å². The van der Waals surface area contributed by atoms with Gasteiger partial charge in [0.15, 0.2) is 0 Å². The number of rotatable bonds is 3. The number of carbonyl (C=O) groups is 1. The van der Waals surface area contributed by atoms with Crippen molar-refractivity contribution in [3.63, 3.8) is 0 Å². The lowest BCUT2D eigenvalue weighted by Crippen LogP contribution is -2.43. The zero-order chi connectivity index (χ0) is 14.0. The molecule has 1 fully saturated rings. The van der Waals surface area contributed by atoms with Crippen molar-refractivity contribution in [1.82, 2.24) is 10.6 Å². The summed E-state index contributed by atoms with van der Waals surface area (Å²) in [5.74, 6) is 2.08. The Labute approximate surface area is 114 Å². The Kier molecular flexibility index (Phi) is 4.30. The summed E-state index contributed by atoms with van der Waals surface area (Å²) in [6, 6.07) is 2.44. The molecule has 1 saturated heterocycles. The summed E-state index contributed by atoms with van der Waals surface area (Å²) in [5, 5.41) is 6.48. The summed E-state index contributed by atoms with van der Waals surface area (Å²) < 4.78 is 5.52. The van der Waals surface area contributed by atoms with Crippen LogP contribution in [0.4, 0.5) is 0 Å². The third-order valence-electron chi connectivity index (χ3n) is 3.90. The van der Waals surface area contributed by atoms with E-state index in [1.54, 1.807) is 0 Å². The van der Waals surface area contributed by atoms with Crippen molar-refractivity contribution in [2.75, 3.05) is 6.54 Å². The summed E-state index contributed by atoms with van der Waals surface area (Å²) >= 11 is 0. The molecule has 19 heavy (non-hydrogen) atoms. The number of aryl methyl sites for hydroxylation is 2. The van der Waals surface area contributed by atoms with Crippen LogP contribution >= 0.6 is 0 Å². The normalized spacial score (nSPS) is 25.1. The maximum Gasteiger partial charge on any atom is 0.223 e. The summed E-state index contributed by atoms with van der Waals surface area (Å²) in [6.07, 6.45) is 1.84. The van der Waals surface area contributed by atoms with Gasteiger partial charge in [0, 0.05) is 17.5 Å². The number of nitrogens with one attached hydrogen (secondary N) is 2. The summed E-state index contributed by atoms with van der Waals surface area (Å²) in [5.41, 5.74) is 1.08. The molecule has 0 spiro atoms. The minimum Gasteiger partial charge on any atom is -0.466 e. The van der Waals surface area contributed by atoms with E-state index in [1.165, 1.54) is 0 Å². The Morgan fingerprint density at radius 2 is 2.26 bits per heavy atom. The SMILES string of the molecule is Cc1cc(C(C)NC(=O)C2CCNC(C)C2)c(C)o1. The Hall–Kier alpha value is -1.29. The summed E-state index contributed by atoms with van der Waals surface area (Å²) in [4.78, 5) is 12.3. The second-order valence-electron chi connectivity index (χ2n) is 5.68. The van der Waals surface area contributed by atoms with Crippen LogP contribution in [0.2, 0.25) is 0 Å². The highest BCUT2D eigenvalue weighted by Crippen LogP contribution is 2.23. The Morgan fingerprint density at radius 1 is 1.53 bits per heavy atom. The predicted molar refractivity (Wildman–Crippen MR) is 74.9 cm³/mol. The van der Waals surface area contributed by atoms with Crippen LogP contribution in [0.25, 0.3) is 0 Å². The van der Waals surface area contributed by atoms with E-state index in [0.29, 0.717) is 6.04 Å². The monoisotopic (exact) mass is 264 g/mol. The Bertz CT molecular complexity index is 453. The van der Waals surface area contributed by atoms with E-state index in [-0.39, 0.29) is 17.9 Å². The molecule has 2 N–H and O–H groups in total. The van der Waals surface area contributed by atoms with Crippen molar-refractivity contribution in [2.24, 2.45) is 5.92 Å². The van der Waals surface area contributed by atoms with Gasteiger partial charge < -0.3 is 15.1 Å². The van der Waals surface area contributed by atoms with Gasteiger partial charge in [-0.25, -0.2) is 0 Å². The molecule has 0 bridgehead atoms. The second-order valence-corrected chi connectivity index (χ2v) is 5.68. The van der Waals surface area contributed by atoms with Crippen molar-refractivity contribution in [3.05, 3.63) is 23.2 Å². The molecule has 0 aromatic carbocycles. The van der Waals surface area contributed by atoms with Crippen LogP contribution in [0, 0.1) is 19.8 Å². The predicted octanol–water partition coefficient (Wildman–Crippen LogP) is 2.46. The molecule has 2 heterocycles. The maximum absolute atomic E-state index is 12.3. The first-order valence-electron chi connectivity index (χ1n) is 7.08. The molecular formula is C15H24N2O2. The Balaban J connectivity index is 1.96. The number of amides is 1. The molecule has 2 rings (SSSR count). The van der Waals surface area contributed by atoms with Crippen LogP contribution in [-0.4, -0.2) is 18.5 Å². The fraction of sp³-hybridized carbons (Fsp3) is 0.667. The Morgan fingerprint density at radius 3 is 2.84 bits per heavy atom.